The normalized spacial score (nSPS) is 20.5. The van der Waals surface area contributed by atoms with Crippen LogP contribution < -0.4 is 10.2 Å². The molecule has 1 aromatic heterocycles. The van der Waals surface area contributed by atoms with E-state index in [1.807, 2.05) is 19.1 Å². The minimum atomic E-state index is -0.00256. The smallest absolute Gasteiger partial charge is 0.197 e. The Morgan fingerprint density at radius 3 is 2.79 bits per heavy atom. The summed E-state index contributed by atoms with van der Waals surface area (Å²) in [6, 6.07) is 1.60. The molecule has 0 atom stereocenters. The fraction of sp³-hybridized carbons (Fsp3) is 0.500. The molecule has 2 aliphatic heterocycles. The van der Waals surface area contributed by atoms with Gasteiger partial charge in [-0.05, 0) is 43.1 Å². The maximum absolute atomic E-state index is 12.6. The van der Waals surface area contributed by atoms with E-state index in [4.69, 9.17) is 14.2 Å². The van der Waals surface area contributed by atoms with Gasteiger partial charge in [0.2, 0.25) is 0 Å². The molecule has 0 spiro atoms. The molecular weight excluding hydrogens is 358 g/mol. The van der Waals surface area contributed by atoms with Crippen LogP contribution in [0.1, 0.15) is 24.1 Å². The minimum Gasteiger partial charge on any atom is -0.508 e. The Hall–Kier alpha value is -2.31. The summed E-state index contributed by atoms with van der Waals surface area (Å²) in [7, 11) is 0. The van der Waals surface area contributed by atoms with E-state index in [0.29, 0.717) is 64.1 Å². The molecule has 0 aromatic carbocycles. The van der Waals surface area contributed by atoms with E-state index in [1.54, 1.807) is 6.07 Å². The molecule has 3 aliphatic rings. The maximum atomic E-state index is 12.6. The summed E-state index contributed by atoms with van der Waals surface area (Å²) in [6.45, 7) is 5.48. The topological polar surface area (TPSA) is 69.9 Å². The van der Waals surface area contributed by atoms with E-state index in [-0.39, 0.29) is 11.3 Å². The first-order valence-electron chi connectivity index (χ1n) is 9.92. The lowest BCUT2D eigenvalue weighted by Gasteiger charge is -2.20. The second kappa shape index (κ2) is 8.37. The van der Waals surface area contributed by atoms with Crippen LogP contribution in [-0.4, -0.2) is 42.7 Å². The lowest BCUT2D eigenvalue weighted by atomic mass is 9.98. The molecule has 0 amide bonds. The lowest BCUT2D eigenvalue weighted by molar-refractivity contribution is 0.0969. The molecule has 0 unspecified atom stereocenters. The van der Waals surface area contributed by atoms with Crippen LogP contribution >= 0.6 is 0 Å². The van der Waals surface area contributed by atoms with Crippen molar-refractivity contribution in [3.8, 4) is 5.88 Å². The van der Waals surface area contributed by atoms with Crippen molar-refractivity contribution in [1.29, 1.82) is 0 Å². The zero-order chi connectivity index (χ0) is 19.5. The van der Waals surface area contributed by atoms with Gasteiger partial charge in [-0.2, -0.15) is 0 Å². The van der Waals surface area contributed by atoms with Crippen molar-refractivity contribution in [3.63, 3.8) is 0 Å². The SMILES string of the molecule is Cc1c2n(c(OCC3COCCOC3)cc1=O)CCC1=CC(O)=CCC=C1C2. The number of hydrogen-bond donors (Lipinski definition) is 1. The number of rotatable bonds is 3. The molecule has 1 aliphatic carbocycles. The first-order chi connectivity index (χ1) is 13.6. The van der Waals surface area contributed by atoms with Gasteiger partial charge >= 0.3 is 0 Å². The Morgan fingerprint density at radius 1 is 1.21 bits per heavy atom. The predicted octanol–water partition coefficient (Wildman–Crippen LogP) is 2.84. The van der Waals surface area contributed by atoms with Crippen LogP contribution in [0.4, 0.5) is 0 Å². The number of aliphatic hydroxyl groups is 1. The average molecular weight is 385 g/mol. The van der Waals surface area contributed by atoms with Crippen LogP contribution in [0.15, 0.2) is 46.0 Å². The highest BCUT2D eigenvalue weighted by molar-refractivity contribution is 5.44. The highest BCUT2D eigenvalue weighted by Gasteiger charge is 2.22. The Bertz CT molecular complexity index is 885. The Balaban J connectivity index is 1.62. The van der Waals surface area contributed by atoms with Crippen LogP contribution in [0.25, 0.3) is 0 Å². The summed E-state index contributed by atoms with van der Waals surface area (Å²) in [5, 5.41) is 9.99. The molecule has 4 rings (SSSR count). The maximum Gasteiger partial charge on any atom is 0.197 e. The van der Waals surface area contributed by atoms with Crippen molar-refractivity contribution < 1.29 is 19.3 Å². The second-order valence-electron chi connectivity index (χ2n) is 7.59. The number of allylic oxidation sites excluding steroid dienone is 5. The molecule has 3 heterocycles. The Morgan fingerprint density at radius 2 is 2.00 bits per heavy atom. The van der Waals surface area contributed by atoms with Crippen molar-refractivity contribution in [3.05, 3.63) is 62.7 Å². The van der Waals surface area contributed by atoms with Crippen LogP contribution in [0.3, 0.4) is 0 Å². The number of aromatic nitrogens is 1. The number of aliphatic hydroxyl groups excluding tert-OH is 1. The van der Waals surface area contributed by atoms with Gasteiger partial charge in [0.05, 0.1) is 33.0 Å². The Labute approximate surface area is 164 Å². The summed E-state index contributed by atoms with van der Waals surface area (Å²) in [4.78, 5) is 12.6. The number of nitrogens with zero attached hydrogens (tertiary/aromatic N) is 1. The summed E-state index contributed by atoms with van der Waals surface area (Å²) in [6.07, 6.45) is 7.95. The highest BCUT2D eigenvalue weighted by Crippen LogP contribution is 2.31. The third kappa shape index (κ3) is 4.08. The zero-order valence-electron chi connectivity index (χ0n) is 16.3. The number of pyridine rings is 1. The van der Waals surface area contributed by atoms with Gasteiger partial charge in [-0.3, -0.25) is 4.79 Å². The van der Waals surface area contributed by atoms with E-state index in [0.717, 1.165) is 23.3 Å². The molecule has 6 heteroatoms. The van der Waals surface area contributed by atoms with Gasteiger partial charge in [-0.15, -0.1) is 0 Å². The monoisotopic (exact) mass is 385 g/mol. The van der Waals surface area contributed by atoms with Gasteiger partial charge in [-0.25, -0.2) is 0 Å². The largest absolute Gasteiger partial charge is 0.508 e. The van der Waals surface area contributed by atoms with E-state index >= 15 is 0 Å². The molecule has 1 fully saturated rings. The van der Waals surface area contributed by atoms with Crippen molar-refractivity contribution in [2.24, 2.45) is 5.92 Å². The molecule has 1 saturated heterocycles. The van der Waals surface area contributed by atoms with Crippen LogP contribution in [0.2, 0.25) is 0 Å². The quantitative estimate of drug-likeness (QED) is 0.866. The number of hydrogen-bond acceptors (Lipinski definition) is 5. The molecule has 1 aromatic rings. The van der Waals surface area contributed by atoms with Crippen LogP contribution in [0.5, 0.6) is 5.88 Å². The standard InChI is InChI=1S/C22H27NO5/c1-15-20-10-17-3-2-4-19(24)9-18(17)5-6-23(20)22(11-21(15)25)28-14-16-12-26-7-8-27-13-16/h3-4,9,11,16,24H,2,5-8,10,12-14H2,1H3. The molecule has 0 radical (unpaired) electrons. The first-order valence-corrected chi connectivity index (χ1v) is 9.92. The fourth-order valence-corrected chi connectivity index (χ4v) is 3.95. The summed E-state index contributed by atoms with van der Waals surface area (Å²) >= 11 is 0. The van der Waals surface area contributed by atoms with E-state index < -0.39 is 0 Å². The molecule has 28 heavy (non-hydrogen) atoms. The van der Waals surface area contributed by atoms with Crippen molar-refractivity contribution in [1.82, 2.24) is 4.57 Å². The van der Waals surface area contributed by atoms with Gasteiger partial charge < -0.3 is 23.9 Å². The number of fused-ring (bicyclic) bond motifs is 2. The highest BCUT2D eigenvalue weighted by atomic mass is 16.5. The molecule has 150 valence electrons. The van der Waals surface area contributed by atoms with Gasteiger partial charge in [0.15, 0.2) is 11.3 Å². The van der Waals surface area contributed by atoms with Crippen LogP contribution in [-0.2, 0) is 22.4 Å². The van der Waals surface area contributed by atoms with Crippen LogP contribution in [0, 0.1) is 12.8 Å². The lowest BCUT2D eigenvalue weighted by Crippen LogP contribution is -2.24. The molecule has 0 bridgehead atoms. The van der Waals surface area contributed by atoms with Crippen molar-refractivity contribution >= 4 is 0 Å². The Kier molecular flexibility index (Phi) is 5.69. The summed E-state index contributed by atoms with van der Waals surface area (Å²) in [5.41, 5.74) is 4.05. The van der Waals surface area contributed by atoms with E-state index in [2.05, 4.69) is 10.6 Å². The fourth-order valence-electron chi connectivity index (χ4n) is 3.95. The molecule has 1 N–H and O–H groups in total. The van der Waals surface area contributed by atoms with E-state index in [9.17, 15) is 9.90 Å². The van der Waals surface area contributed by atoms with Gasteiger partial charge in [0.25, 0.3) is 0 Å². The average Bonchev–Trinajstić information content (AvgIpc) is 3.10. The second-order valence-corrected chi connectivity index (χ2v) is 7.59. The zero-order valence-corrected chi connectivity index (χ0v) is 16.3. The van der Waals surface area contributed by atoms with E-state index in [1.165, 1.54) is 5.57 Å². The molecule has 6 nitrogen and oxygen atoms in total. The minimum absolute atomic E-state index is 0.00256. The third-order valence-corrected chi connectivity index (χ3v) is 5.58. The summed E-state index contributed by atoms with van der Waals surface area (Å²) in [5.74, 6) is 1.06. The van der Waals surface area contributed by atoms with Crippen molar-refractivity contribution in [2.75, 3.05) is 33.0 Å². The molecular formula is C22H27NO5. The number of ether oxygens (including phenoxy) is 3. The van der Waals surface area contributed by atoms with Gasteiger partial charge in [-0.1, -0.05) is 6.08 Å². The summed E-state index contributed by atoms with van der Waals surface area (Å²) < 4.78 is 19.3. The van der Waals surface area contributed by atoms with Crippen molar-refractivity contribution in [2.45, 2.75) is 32.7 Å². The predicted molar refractivity (Wildman–Crippen MR) is 106 cm³/mol. The molecule has 0 saturated carbocycles. The third-order valence-electron chi connectivity index (χ3n) is 5.58. The van der Waals surface area contributed by atoms with Gasteiger partial charge in [0, 0.05) is 36.2 Å². The first kappa shape index (κ1) is 19.0. The van der Waals surface area contributed by atoms with Gasteiger partial charge in [0.1, 0.15) is 5.76 Å².